The monoisotopic (exact) mass is 364 g/mol. The van der Waals surface area contributed by atoms with E-state index in [1.54, 1.807) is 13.2 Å². The third kappa shape index (κ3) is 4.04. The van der Waals surface area contributed by atoms with Crippen molar-refractivity contribution in [1.82, 2.24) is 9.97 Å². The first-order chi connectivity index (χ1) is 13.0. The number of anilines is 1. The fourth-order valence-electron chi connectivity index (χ4n) is 2.86. The molecule has 1 aromatic heterocycles. The molecule has 1 heterocycles. The van der Waals surface area contributed by atoms with E-state index in [9.17, 15) is 4.79 Å². The Labute approximate surface area is 157 Å². The van der Waals surface area contributed by atoms with Gasteiger partial charge in [-0.15, -0.1) is 0 Å². The number of ether oxygens (including phenoxy) is 1. The molecule has 0 aliphatic heterocycles. The van der Waals surface area contributed by atoms with Crippen LogP contribution in [-0.2, 0) is 0 Å². The number of quaternary nitrogens is 1. The lowest BCUT2D eigenvalue weighted by Crippen LogP contribution is -2.71. The van der Waals surface area contributed by atoms with Crippen molar-refractivity contribution in [2.24, 2.45) is 5.73 Å². The van der Waals surface area contributed by atoms with Gasteiger partial charge in [0.2, 0.25) is 5.82 Å². The summed E-state index contributed by atoms with van der Waals surface area (Å²) in [5.74, 6) is 0.999. The highest BCUT2D eigenvalue weighted by Crippen LogP contribution is 2.28. The van der Waals surface area contributed by atoms with Crippen LogP contribution in [0.2, 0.25) is 0 Å². The van der Waals surface area contributed by atoms with Crippen LogP contribution in [-0.4, -0.2) is 37.1 Å². The van der Waals surface area contributed by atoms with Crippen molar-refractivity contribution in [2.75, 3.05) is 26.1 Å². The molecule has 0 atom stereocenters. The second-order valence-electron chi connectivity index (χ2n) is 6.21. The van der Waals surface area contributed by atoms with Gasteiger partial charge in [0.15, 0.2) is 0 Å². The second-order valence-corrected chi connectivity index (χ2v) is 6.21. The number of carbonyl (C=O) groups excluding carboxylic acids is 1. The quantitative estimate of drug-likeness (QED) is 0.651. The highest BCUT2D eigenvalue weighted by molar-refractivity contribution is 5.99. The number of hydrogen-bond acceptors (Lipinski definition) is 5. The average molecular weight is 364 g/mol. The maximum atomic E-state index is 11.8. The van der Waals surface area contributed by atoms with Gasteiger partial charge in [-0.3, -0.25) is 10.1 Å². The molecule has 138 valence electrons. The van der Waals surface area contributed by atoms with E-state index in [0.29, 0.717) is 5.56 Å². The molecule has 3 aromatic rings. The molecule has 0 bridgehead atoms. The number of rotatable bonds is 6. The number of hydrogen-bond donors (Lipinski definition) is 2. The van der Waals surface area contributed by atoms with Gasteiger partial charge in [0, 0.05) is 43.5 Å². The Morgan fingerprint density at radius 2 is 1.89 bits per heavy atom. The van der Waals surface area contributed by atoms with Crippen LogP contribution in [0, 0.1) is 0 Å². The first-order valence-electron chi connectivity index (χ1n) is 8.41. The minimum atomic E-state index is -0.466. The molecule has 0 spiro atoms. The summed E-state index contributed by atoms with van der Waals surface area (Å²) < 4.78 is 5.41. The maximum absolute atomic E-state index is 11.8. The van der Waals surface area contributed by atoms with Gasteiger partial charge >= 0.3 is 0 Å². The lowest BCUT2D eigenvalue weighted by Gasteiger charge is -2.16. The molecule has 7 nitrogen and oxygen atoms in total. The molecule has 4 N–H and O–H groups in total. The minimum absolute atomic E-state index is 0.466. The fourth-order valence-corrected chi connectivity index (χ4v) is 2.86. The van der Waals surface area contributed by atoms with Gasteiger partial charge < -0.3 is 15.4 Å². The van der Waals surface area contributed by atoms with Gasteiger partial charge in [-0.1, -0.05) is 12.1 Å². The summed E-state index contributed by atoms with van der Waals surface area (Å²) >= 11 is 0. The smallest absolute Gasteiger partial charge is 0.251 e. The van der Waals surface area contributed by atoms with Crippen LogP contribution < -0.4 is 20.7 Å². The summed E-state index contributed by atoms with van der Waals surface area (Å²) in [5, 5.41) is 1.88. The zero-order chi connectivity index (χ0) is 19.4. The molecule has 0 aliphatic rings. The van der Waals surface area contributed by atoms with E-state index < -0.39 is 5.91 Å². The molecule has 0 unspecified atom stereocenters. The zero-order valence-electron chi connectivity index (χ0n) is 15.5. The summed E-state index contributed by atoms with van der Waals surface area (Å²) in [6, 6.07) is 15.1. The molecule has 0 saturated carbocycles. The molecule has 0 aliphatic carbocycles. The van der Waals surface area contributed by atoms with E-state index in [2.05, 4.69) is 9.97 Å². The predicted molar refractivity (Wildman–Crippen MR) is 105 cm³/mol. The molecule has 3 rings (SSSR count). The lowest BCUT2D eigenvalue weighted by atomic mass is 10.1. The minimum Gasteiger partial charge on any atom is -0.496 e. The number of aromatic nitrogens is 2. The van der Waals surface area contributed by atoms with E-state index in [-0.39, 0.29) is 0 Å². The Morgan fingerprint density at radius 3 is 2.59 bits per heavy atom. The average Bonchev–Trinajstić information content (AvgIpc) is 2.68. The number of carbonyl (C=O) groups is 1. The molecular formula is C20H22N5O2+. The first kappa shape index (κ1) is 18.3. The van der Waals surface area contributed by atoms with Gasteiger partial charge in [0.05, 0.1) is 18.4 Å². The van der Waals surface area contributed by atoms with E-state index >= 15 is 0 Å². The molecule has 2 aromatic carbocycles. The van der Waals surface area contributed by atoms with Gasteiger partial charge in [0.25, 0.3) is 5.91 Å². The zero-order valence-corrected chi connectivity index (χ0v) is 15.5. The molecule has 0 radical (unpaired) electrons. The van der Waals surface area contributed by atoms with E-state index in [1.807, 2.05) is 66.8 Å². The number of nitrogens with two attached hydrogens (primary N) is 2. The number of methoxy groups -OCH3 is 1. The summed E-state index contributed by atoms with van der Waals surface area (Å²) in [7, 11) is 5.37. The van der Waals surface area contributed by atoms with Crippen LogP contribution >= 0.6 is 0 Å². The van der Waals surface area contributed by atoms with E-state index in [4.69, 9.17) is 10.5 Å². The van der Waals surface area contributed by atoms with Crippen LogP contribution in [0.1, 0.15) is 10.4 Å². The van der Waals surface area contributed by atoms with Crippen molar-refractivity contribution in [3.63, 3.8) is 0 Å². The number of para-hydroxylation sites is 1. The largest absolute Gasteiger partial charge is 0.496 e. The van der Waals surface area contributed by atoms with Crippen LogP contribution in [0.25, 0.3) is 11.3 Å². The van der Waals surface area contributed by atoms with E-state index in [1.165, 1.54) is 6.33 Å². The number of primary amides is 1. The number of amides is 1. The highest BCUT2D eigenvalue weighted by atomic mass is 16.5. The van der Waals surface area contributed by atoms with E-state index in [0.717, 1.165) is 34.2 Å². The molecule has 27 heavy (non-hydrogen) atoms. The standard InChI is InChI=1S/C20H21N5O2/c1-25(2)17-9-8-13(10-15(17)20(21)26)24-19-11-16(22-12-23-19)14-6-4-5-7-18(14)27-3/h4-12H,1-3H3,(H2,21,26)(H,22,23,24)/p+1. The Kier molecular flexibility index (Phi) is 5.33. The van der Waals surface area contributed by atoms with Gasteiger partial charge in [-0.2, -0.15) is 4.98 Å². The summed E-state index contributed by atoms with van der Waals surface area (Å²) in [6.07, 6.45) is 1.51. The summed E-state index contributed by atoms with van der Waals surface area (Å²) in [6.45, 7) is 0. The number of nitrogens with zero attached hydrogens (tertiary/aromatic N) is 3. The Bertz CT molecular complexity index is 972. The third-order valence-electron chi connectivity index (χ3n) is 4.15. The first-order valence-corrected chi connectivity index (χ1v) is 8.41. The maximum Gasteiger partial charge on any atom is 0.251 e. The van der Waals surface area contributed by atoms with Crippen molar-refractivity contribution in [3.8, 4) is 17.0 Å². The molecule has 0 fully saturated rings. The van der Waals surface area contributed by atoms with Crippen molar-refractivity contribution in [1.29, 1.82) is 0 Å². The molecule has 1 amide bonds. The van der Waals surface area contributed by atoms with Gasteiger partial charge in [0.1, 0.15) is 17.8 Å². The van der Waals surface area contributed by atoms with Crippen molar-refractivity contribution >= 4 is 23.1 Å². The normalized spacial score (nSPS) is 10.5. The molecule has 7 heteroatoms. The van der Waals surface area contributed by atoms with Crippen LogP contribution in [0.3, 0.4) is 0 Å². The van der Waals surface area contributed by atoms with Crippen molar-refractivity contribution < 1.29 is 14.8 Å². The topological polar surface area (TPSA) is 97.9 Å². The fraction of sp³-hybridized carbons (Fsp3) is 0.150. The SMILES string of the molecule is COc1ccccc1-c1cc([NH2+]c2ccc(N(C)C)c(C(N)=O)c2)ncn1. The van der Waals surface area contributed by atoms with Gasteiger partial charge in [-0.25, -0.2) is 4.98 Å². The Hall–Kier alpha value is -3.45. The highest BCUT2D eigenvalue weighted by Gasteiger charge is 2.14. The third-order valence-corrected chi connectivity index (χ3v) is 4.15. The van der Waals surface area contributed by atoms with Crippen molar-refractivity contribution in [2.45, 2.75) is 0 Å². The summed E-state index contributed by atoms with van der Waals surface area (Å²) in [4.78, 5) is 22.3. The molecule has 0 saturated heterocycles. The van der Waals surface area contributed by atoms with Crippen LogP contribution in [0.5, 0.6) is 5.75 Å². The van der Waals surface area contributed by atoms with Crippen LogP contribution in [0.15, 0.2) is 54.9 Å². The summed E-state index contributed by atoms with van der Waals surface area (Å²) in [5.41, 5.74) is 9.25. The Morgan fingerprint density at radius 1 is 1.11 bits per heavy atom. The molecular weight excluding hydrogens is 342 g/mol. The van der Waals surface area contributed by atoms with Crippen molar-refractivity contribution in [3.05, 3.63) is 60.4 Å². The lowest BCUT2D eigenvalue weighted by molar-refractivity contribution is -0.483. The Balaban J connectivity index is 1.93. The van der Waals surface area contributed by atoms with Gasteiger partial charge in [-0.05, 0) is 18.2 Å². The second kappa shape index (κ2) is 7.84. The number of benzene rings is 2. The predicted octanol–water partition coefficient (Wildman–Crippen LogP) is 1.84. The van der Waals surface area contributed by atoms with Crippen LogP contribution in [0.4, 0.5) is 17.2 Å².